The lowest BCUT2D eigenvalue weighted by Crippen LogP contribution is -2.41. The first-order valence-electron chi connectivity index (χ1n) is 11.2. The van der Waals surface area contributed by atoms with Crippen molar-refractivity contribution in [2.75, 3.05) is 13.2 Å². The van der Waals surface area contributed by atoms with Gasteiger partial charge in [0.25, 0.3) is 0 Å². The van der Waals surface area contributed by atoms with E-state index in [4.69, 9.17) is 20.8 Å². The highest BCUT2D eigenvalue weighted by molar-refractivity contribution is 6.74. The van der Waals surface area contributed by atoms with Gasteiger partial charge >= 0.3 is 0 Å². The van der Waals surface area contributed by atoms with Gasteiger partial charge in [0.15, 0.2) is 8.32 Å². The molecule has 3 nitrogen and oxygen atoms in total. The molecule has 0 saturated heterocycles. The van der Waals surface area contributed by atoms with Gasteiger partial charge in [-0.05, 0) is 78.9 Å². The fourth-order valence-electron chi connectivity index (χ4n) is 2.34. The summed E-state index contributed by atoms with van der Waals surface area (Å²) >= 11 is 5.87. The van der Waals surface area contributed by atoms with Crippen molar-refractivity contribution in [3.05, 3.63) is 77.1 Å². The molecule has 0 saturated carbocycles. The zero-order chi connectivity index (χ0) is 24.9. The van der Waals surface area contributed by atoms with E-state index in [1.165, 1.54) is 0 Å². The molecule has 1 aromatic rings. The molecule has 0 N–H and O–H groups in total. The van der Waals surface area contributed by atoms with Gasteiger partial charge in [-0.15, -0.1) is 0 Å². The smallest absolute Gasteiger partial charge is 0.206 e. The van der Waals surface area contributed by atoms with Crippen LogP contribution in [0.3, 0.4) is 0 Å². The minimum Gasteiger partial charge on any atom is -0.491 e. The van der Waals surface area contributed by atoms with Crippen molar-refractivity contribution >= 4 is 31.8 Å². The highest BCUT2D eigenvalue weighted by Crippen LogP contribution is 2.36. The van der Waals surface area contributed by atoms with Crippen LogP contribution >= 0.6 is 11.6 Å². The first-order valence-corrected chi connectivity index (χ1v) is 14.5. The normalized spacial score (nSPS) is 12.9. The molecule has 0 aromatic heterocycles. The Balaban J connectivity index is 2.47. The second kappa shape index (κ2) is 14.1. The molecule has 0 aliphatic heterocycles. The number of allylic oxidation sites excluding steroid dienone is 5. The molecule has 0 amide bonds. The van der Waals surface area contributed by atoms with E-state index in [0.29, 0.717) is 36.8 Å². The van der Waals surface area contributed by atoms with Crippen molar-refractivity contribution in [3.63, 3.8) is 0 Å². The molecule has 0 unspecified atom stereocenters. The largest absolute Gasteiger partial charge is 0.491 e. The molecule has 0 radical (unpaired) electrons. The SMILES string of the molecule is C=C/C(=C\C=C(/C)C#CC(=O)CC/C=C/c1ccc(Cl)cc1)OCCO[Si](C)(C)C(C)(C)C. The number of halogens is 1. The lowest BCUT2D eigenvalue weighted by molar-refractivity contribution is -0.113. The Hall–Kier alpha value is -2.32. The number of benzene rings is 1. The highest BCUT2D eigenvalue weighted by atomic mass is 35.5. The van der Waals surface area contributed by atoms with Gasteiger partial charge in [0, 0.05) is 11.4 Å². The quantitative estimate of drug-likeness (QED) is 0.0803. The fourth-order valence-corrected chi connectivity index (χ4v) is 3.49. The third-order valence-corrected chi connectivity index (χ3v) is 10.2. The molecule has 5 heteroatoms. The molecule has 0 fully saturated rings. The lowest BCUT2D eigenvalue weighted by Gasteiger charge is -2.36. The maximum Gasteiger partial charge on any atom is 0.206 e. The Morgan fingerprint density at radius 2 is 1.79 bits per heavy atom. The predicted octanol–water partition coefficient (Wildman–Crippen LogP) is 7.76. The van der Waals surface area contributed by atoms with Crippen molar-refractivity contribution in [1.82, 2.24) is 0 Å². The summed E-state index contributed by atoms with van der Waals surface area (Å²) in [5.74, 6) is 6.15. The van der Waals surface area contributed by atoms with Crippen molar-refractivity contribution < 1.29 is 14.0 Å². The summed E-state index contributed by atoms with van der Waals surface area (Å²) in [6.45, 7) is 17.7. The van der Waals surface area contributed by atoms with E-state index in [0.717, 1.165) is 11.1 Å². The monoisotopic (exact) mass is 484 g/mol. The summed E-state index contributed by atoms with van der Waals surface area (Å²) in [6, 6.07) is 7.55. The van der Waals surface area contributed by atoms with Crippen LogP contribution in [-0.4, -0.2) is 27.3 Å². The van der Waals surface area contributed by atoms with Gasteiger partial charge in [0.1, 0.15) is 12.4 Å². The van der Waals surface area contributed by atoms with Gasteiger partial charge in [0.2, 0.25) is 5.78 Å². The summed E-state index contributed by atoms with van der Waals surface area (Å²) < 4.78 is 11.9. The minimum absolute atomic E-state index is 0.0875. The van der Waals surface area contributed by atoms with E-state index in [-0.39, 0.29) is 10.8 Å². The molecule has 178 valence electrons. The number of ether oxygens (including phenoxy) is 1. The second-order valence-corrected chi connectivity index (χ2v) is 14.5. The summed E-state index contributed by atoms with van der Waals surface area (Å²) in [7, 11) is -1.77. The Morgan fingerprint density at radius 1 is 1.12 bits per heavy atom. The number of hydrogen-bond donors (Lipinski definition) is 0. The van der Waals surface area contributed by atoms with Crippen LogP contribution < -0.4 is 0 Å². The van der Waals surface area contributed by atoms with E-state index < -0.39 is 8.32 Å². The number of carbonyl (C=O) groups excluding carboxylic acids is 1. The van der Waals surface area contributed by atoms with Crippen LogP contribution in [0.15, 0.2) is 66.5 Å². The van der Waals surface area contributed by atoms with Gasteiger partial charge in [-0.1, -0.05) is 69.2 Å². The molecular weight excluding hydrogens is 448 g/mol. The van der Waals surface area contributed by atoms with Crippen LogP contribution in [0.25, 0.3) is 6.08 Å². The molecule has 1 rings (SSSR count). The van der Waals surface area contributed by atoms with Gasteiger partial charge in [-0.3, -0.25) is 4.79 Å². The molecular formula is C28H37ClO3Si. The highest BCUT2D eigenvalue weighted by Gasteiger charge is 2.36. The van der Waals surface area contributed by atoms with Crippen molar-refractivity contribution in [3.8, 4) is 11.8 Å². The lowest BCUT2D eigenvalue weighted by atomic mass is 10.1. The first kappa shape index (κ1) is 28.7. The third-order valence-electron chi connectivity index (χ3n) is 5.44. The maximum atomic E-state index is 12.0. The van der Waals surface area contributed by atoms with Gasteiger partial charge in [-0.2, -0.15) is 0 Å². The number of rotatable bonds is 11. The summed E-state index contributed by atoms with van der Waals surface area (Å²) in [4.78, 5) is 12.0. The van der Waals surface area contributed by atoms with Crippen molar-refractivity contribution in [1.29, 1.82) is 0 Å². The topological polar surface area (TPSA) is 35.5 Å². The van der Waals surface area contributed by atoms with Crippen molar-refractivity contribution in [2.24, 2.45) is 0 Å². The van der Waals surface area contributed by atoms with Crippen LogP contribution in [0.5, 0.6) is 0 Å². The van der Waals surface area contributed by atoms with Crippen LogP contribution in [-0.2, 0) is 14.0 Å². The van der Waals surface area contributed by atoms with E-state index in [1.54, 1.807) is 6.08 Å². The minimum atomic E-state index is -1.77. The molecule has 0 bridgehead atoms. The van der Waals surface area contributed by atoms with Crippen LogP contribution in [0, 0.1) is 11.8 Å². The maximum absolute atomic E-state index is 12.0. The Kier molecular flexibility index (Phi) is 12.2. The van der Waals surface area contributed by atoms with Gasteiger partial charge in [0.05, 0.1) is 6.61 Å². The van der Waals surface area contributed by atoms with E-state index in [1.807, 2.05) is 55.5 Å². The fraction of sp³-hybridized carbons (Fsp3) is 0.393. The summed E-state index contributed by atoms with van der Waals surface area (Å²) in [6.07, 6.45) is 10.3. The van der Waals surface area contributed by atoms with Crippen molar-refractivity contribution in [2.45, 2.75) is 58.7 Å². The zero-order valence-electron chi connectivity index (χ0n) is 20.8. The Morgan fingerprint density at radius 3 is 2.39 bits per heavy atom. The second-order valence-electron chi connectivity index (χ2n) is 9.25. The summed E-state index contributed by atoms with van der Waals surface area (Å²) in [5, 5.41) is 0.880. The molecule has 0 spiro atoms. The van der Waals surface area contributed by atoms with E-state index >= 15 is 0 Å². The van der Waals surface area contributed by atoms with Crippen LogP contribution in [0.2, 0.25) is 23.2 Å². The van der Waals surface area contributed by atoms with E-state index in [2.05, 4.69) is 52.3 Å². The van der Waals surface area contributed by atoms with Crippen LogP contribution in [0.4, 0.5) is 0 Å². The average molecular weight is 485 g/mol. The number of ketones is 1. The number of carbonyl (C=O) groups is 1. The van der Waals surface area contributed by atoms with E-state index in [9.17, 15) is 4.79 Å². The molecule has 1 aromatic carbocycles. The molecule has 0 heterocycles. The van der Waals surface area contributed by atoms with Gasteiger partial charge < -0.3 is 9.16 Å². The standard InChI is InChI=1S/C28H37ClO3Si/c1-8-27(31-21-22-32-33(6,7)28(3,4)5)20-14-23(2)13-19-26(30)12-10-9-11-24-15-17-25(29)18-16-24/h8-9,11,14-18,20H,1,10,12,21-22H2,2-7H3/b11-9+,23-14+,27-20+. The zero-order valence-corrected chi connectivity index (χ0v) is 22.6. The Labute approximate surface area is 206 Å². The van der Waals surface area contributed by atoms with Crippen LogP contribution in [0.1, 0.15) is 46.1 Å². The predicted molar refractivity (Wildman–Crippen MR) is 144 cm³/mol. The molecule has 33 heavy (non-hydrogen) atoms. The first-order chi connectivity index (χ1) is 15.4. The average Bonchev–Trinajstić information content (AvgIpc) is 2.75. The molecule has 0 aliphatic carbocycles. The van der Waals surface area contributed by atoms with Gasteiger partial charge in [-0.25, -0.2) is 0 Å². The molecule has 0 aliphatic rings. The molecule has 0 atom stereocenters. The Bertz CT molecular complexity index is 936. The number of Topliss-reactive ketones (excluding diaryl/α,β-unsaturated/α-hetero) is 1. The summed E-state index contributed by atoms with van der Waals surface area (Å²) in [5.41, 5.74) is 1.83. The third kappa shape index (κ3) is 11.9. The number of hydrogen-bond acceptors (Lipinski definition) is 3.